The number of hydrogen-bond donors (Lipinski definition) is 1. The number of methoxy groups -OCH3 is 1. The minimum Gasteiger partial charge on any atom is -0.465 e. The summed E-state index contributed by atoms with van der Waals surface area (Å²) in [6.45, 7) is 5.72. The molecule has 0 aliphatic heterocycles. The summed E-state index contributed by atoms with van der Waals surface area (Å²) >= 11 is 0. The summed E-state index contributed by atoms with van der Waals surface area (Å²) in [5.41, 5.74) is 3.89. The summed E-state index contributed by atoms with van der Waals surface area (Å²) in [4.78, 5) is 11.7. The van der Waals surface area contributed by atoms with Crippen molar-refractivity contribution in [2.24, 2.45) is 0 Å². The Labute approximate surface area is 137 Å². The molecule has 0 saturated carbocycles. The molecular weight excluding hydrogens is 290 g/mol. The summed E-state index contributed by atoms with van der Waals surface area (Å²) in [5.74, 6) is -0.475. The fourth-order valence-corrected chi connectivity index (χ4v) is 2.18. The first-order valence-electron chi connectivity index (χ1n) is 7.43. The zero-order valence-corrected chi connectivity index (χ0v) is 13.9. The molecule has 0 saturated heterocycles. The number of aliphatic hydroxyl groups excluding tert-OH is 1. The van der Waals surface area contributed by atoms with E-state index in [0.29, 0.717) is 22.3 Å². The molecule has 0 radical (unpaired) electrons. The average Bonchev–Trinajstić information content (AvgIpc) is 2.61. The van der Waals surface area contributed by atoms with E-state index in [9.17, 15) is 15.2 Å². The lowest BCUT2D eigenvalue weighted by molar-refractivity contribution is 0.0600. The van der Waals surface area contributed by atoms with Crippen LogP contribution >= 0.6 is 0 Å². The second-order valence-corrected chi connectivity index (χ2v) is 4.73. The Bertz CT molecular complexity index is 730. The molecule has 4 nitrogen and oxygen atoms in total. The van der Waals surface area contributed by atoms with E-state index in [1.165, 1.54) is 7.11 Å². The number of ether oxygens (including phenoxy) is 1. The Morgan fingerprint density at radius 2 is 1.91 bits per heavy atom. The van der Waals surface area contributed by atoms with Crippen LogP contribution < -0.4 is 0 Å². The monoisotopic (exact) mass is 311 g/mol. The molecule has 0 spiro atoms. The van der Waals surface area contributed by atoms with Crippen molar-refractivity contribution in [2.45, 2.75) is 27.4 Å². The Morgan fingerprint density at radius 1 is 1.22 bits per heavy atom. The van der Waals surface area contributed by atoms with Gasteiger partial charge in [-0.15, -0.1) is 0 Å². The van der Waals surface area contributed by atoms with E-state index in [1.54, 1.807) is 24.3 Å². The van der Waals surface area contributed by atoms with Gasteiger partial charge < -0.3 is 9.84 Å². The molecule has 2 aromatic rings. The Hall–Kier alpha value is -2.64. The van der Waals surface area contributed by atoms with Crippen molar-refractivity contribution in [1.82, 2.24) is 0 Å². The lowest BCUT2D eigenvalue weighted by atomic mass is 9.95. The number of hydrogen-bond acceptors (Lipinski definition) is 4. The van der Waals surface area contributed by atoms with E-state index in [4.69, 9.17) is 4.74 Å². The fraction of sp³-hybridized carbons (Fsp3) is 0.263. The van der Waals surface area contributed by atoms with E-state index < -0.39 is 5.97 Å². The molecule has 0 unspecified atom stereocenters. The van der Waals surface area contributed by atoms with Gasteiger partial charge in [0.2, 0.25) is 0 Å². The molecule has 0 fully saturated rings. The molecule has 120 valence electrons. The van der Waals surface area contributed by atoms with Gasteiger partial charge in [0.05, 0.1) is 30.9 Å². The SMILES string of the molecule is CC.COC(=O)c1cc(CO)cc(-c2ccc(C)cc2C#N)c1. The van der Waals surface area contributed by atoms with Crippen molar-refractivity contribution in [1.29, 1.82) is 5.26 Å². The summed E-state index contributed by atoms with van der Waals surface area (Å²) in [5, 5.41) is 18.6. The molecule has 0 heterocycles. The number of nitriles is 1. The maximum Gasteiger partial charge on any atom is 0.337 e. The molecule has 0 atom stereocenters. The van der Waals surface area contributed by atoms with Crippen LogP contribution in [0.4, 0.5) is 0 Å². The Kier molecular flexibility index (Phi) is 6.98. The molecule has 0 aromatic heterocycles. The average molecular weight is 311 g/mol. The van der Waals surface area contributed by atoms with Crippen LogP contribution in [0.2, 0.25) is 0 Å². The standard InChI is InChI=1S/C17H15NO3.C2H6/c1-11-3-4-16(15(5-11)9-18)13-6-12(10-19)7-14(8-13)17(20)21-2;1-2/h3-8,19H,10H2,1-2H3;1-2H3. The smallest absolute Gasteiger partial charge is 0.337 e. The number of aryl methyl sites for hydroxylation is 1. The van der Waals surface area contributed by atoms with Crippen molar-refractivity contribution in [3.8, 4) is 17.2 Å². The molecule has 2 aromatic carbocycles. The van der Waals surface area contributed by atoms with Crippen LogP contribution in [0.1, 0.15) is 40.9 Å². The number of carbonyl (C=O) groups excluding carboxylic acids is 1. The first-order valence-corrected chi connectivity index (χ1v) is 7.43. The van der Waals surface area contributed by atoms with Gasteiger partial charge in [-0.2, -0.15) is 5.26 Å². The van der Waals surface area contributed by atoms with E-state index in [2.05, 4.69) is 6.07 Å². The summed E-state index contributed by atoms with van der Waals surface area (Å²) in [6, 6.07) is 12.7. The third kappa shape index (κ3) is 4.41. The number of aliphatic hydroxyl groups is 1. The summed E-state index contributed by atoms with van der Waals surface area (Å²) in [6.07, 6.45) is 0. The Balaban J connectivity index is 0.00000127. The highest BCUT2D eigenvalue weighted by atomic mass is 16.5. The van der Waals surface area contributed by atoms with Crippen LogP contribution in [-0.4, -0.2) is 18.2 Å². The van der Waals surface area contributed by atoms with E-state index in [-0.39, 0.29) is 6.61 Å². The lowest BCUT2D eigenvalue weighted by Gasteiger charge is -2.10. The zero-order chi connectivity index (χ0) is 17.4. The Morgan fingerprint density at radius 3 is 2.48 bits per heavy atom. The maximum absolute atomic E-state index is 11.7. The summed E-state index contributed by atoms with van der Waals surface area (Å²) in [7, 11) is 1.31. The molecule has 23 heavy (non-hydrogen) atoms. The highest BCUT2D eigenvalue weighted by molar-refractivity contribution is 5.91. The third-order valence-corrected chi connectivity index (χ3v) is 3.20. The fourth-order valence-electron chi connectivity index (χ4n) is 2.18. The molecule has 0 amide bonds. The van der Waals surface area contributed by atoms with Crippen molar-refractivity contribution in [3.05, 3.63) is 58.7 Å². The topological polar surface area (TPSA) is 70.3 Å². The minimum absolute atomic E-state index is 0.189. The lowest BCUT2D eigenvalue weighted by Crippen LogP contribution is -2.03. The number of benzene rings is 2. The number of rotatable bonds is 3. The van der Waals surface area contributed by atoms with Crippen LogP contribution in [0.25, 0.3) is 11.1 Å². The van der Waals surface area contributed by atoms with Gasteiger partial charge in [-0.05, 0) is 53.4 Å². The third-order valence-electron chi connectivity index (χ3n) is 3.20. The molecule has 0 aliphatic carbocycles. The van der Waals surface area contributed by atoms with Gasteiger partial charge in [-0.3, -0.25) is 0 Å². The minimum atomic E-state index is -0.475. The van der Waals surface area contributed by atoms with Crippen LogP contribution in [0, 0.1) is 18.3 Å². The number of nitrogens with zero attached hydrogens (tertiary/aromatic N) is 1. The molecule has 1 N–H and O–H groups in total. The second kappa shape index (κ2) is 8.72. The van der Waals surface area contributed by atoms with E-state index in [1.807, 2.05) is 32.9 Å². The summed E-state index contributed by atoms with van der Waals surface area (Å²) < 4.78 is 4.72. The van der Waals surface area contributed by atoms with Gasteiger partial charge in [-0.1, -0.05) is 26.0 Å². The molecule has 0 aliphatic rings. The molecular formula is C19H21NO3. The van der Waals surface area contributed by atoms with E-state index >= 15 is 0 Å². The first kappa shape index (κ1) is 18.4. The number of esters is 1. The van der Waals surface area contributed by atoms with Crippen molar-refractivity contribution < 1.29 is 14.6 Å². The van der Waals surface area contributed by atoms with Crippen molar-refractivity contribution in [3.63, 3.8) is 0 Å². The largest absolute Gasteiger partial charge is 0.465 e. The molecule has 0 bridgehead atoms. The predicted octanol–water partition coefficient (Wildman–Crippen LogP) is 3.84. The van der Waals surface area contributed by atoms with Gasteiger partial charge in [-0.25, -0.2) is 4.79 Å². The van der Waals surface area contributed by atoms with Gasteiger partial charge in [0, 0.05) is 0 Å². The van der Waals surface area contributed by atoms with Gasteiger partial charge >= 0.3 is 5.97 Å². The normalized spacial score (nSPS) is 9.39. The zero-order valence-electron chi connectivity index (χ0n) is 13.9. The maximum atomic E-state index is 11.7. The highest BCUT2D eigenvalue weighted by Crippen LogP contribution is 2.27. The quantitative estimate of drug-likeness (QED) is 0.874. The highest BCUT2D eigenvalue weighted by Gasteiger charge is 2.12. The van der Waals surface area contributed by atoms with Crippen LogP contribution in [-0.2, 0) is 11.3 Å². The van der Waals surface area contributed by atoms with Gasteiger partial charge in [0.15, 0.2) is 0 Å². The number of carbonyl (C=O) groups is 1. The van der Waals surface area contributed by atoms with Crippen LogP contribution in [0.3, 0.4) is 0 Å². The van der Waals surface area contributed by atoms with Crippen molar-refractivity contribution >= 4 is 5.97 Å². The second-order valence-electron chi connectivity index (χ2n) is 4.73. The van der Waals surface area contributed by atoms with Crippen molar-refractivity contribution in [2.75, 3.05) is 7.11 Å². The van der Waals surface area contributed by atoms with E-state index in [0.717, 1.165) is 11.1 Å². The molecule has 4 heteroatoms. The van der Waals surface area contributed by atoms with Gasteiger partial charge in [0.25, 0.3) is 0 Å². The molecule has 2 rings (SSSR count). The van der Waals surface area contributed by atoms with Gasteiger partial charge in [0.1, 0.15) is 0 Å². The van der Waals surface area contributed by atoms with Crippen LogP contribution in [0.15, 0.2) is 36.4 Å². The predicted molar refractivity (Wildman–Crippen MR) is 89.9 cm³/mol. The van der Waals surface area contributed by atoms with Crippen LogP contribution in [0.5, 0.6) is 0 Å². The first-order chi connectivity index (χ1) is 11.1.